The van der Waals surface area contributed by atoms with E-state index in [4.69, 9.17) is 9.15 Å². The summed E-state index contributed by atoms with van der Waals surface area (Å²) in [7, 11) is 0. The van der Waals surface area contributed by atoms with E-state index in [1.165, 1.54) is 18.3 Å². The van der Waals surface area contributed by atoms with Crippen LogP contribution in [0.15, 0.2) is 70.2 Å². The number of ether oxygens (including phenoxy) is 1. The van der Waals surface area contributed by atoms with E-state index in [0.29, 0.717) is 22.8 Å². The molecule has 0 unspecified atom stereocenters. The third-order valence-corrected chi connectivity index (χ3v) is 4.27. The zero-order chi connectivity index (χ0) is 19.9. The van der Waals surface area contributed by atoms with Gasteiger partial charge in [-0.1, -0.05) is 0 Å². The fraction of sp³-hybridized carbons (Fsp3) is 0.0526. The van der Waals surface area contributed by atoms with Crippen LogP contribution in [0.2, 0.25) is 0 Å². The van der Waals surface area contributed by atoms with Crippen LogP contribution < -0.4 is 10.2 Å². The molecule has 0 aliphatic heterocycles. The zero-order valence-corrected chi connectivity index (χ0v) is 16.5. The van der Waals surface area contributed by atoms with Crippen LogP contribution >= 0.6 is 22.6 Å². The van der Waals surface area contributed by atoms with Gasteiger partial charge in [0, 0.05) is 21.3 Å². The second-order valence-corrected chi connectivity index (χ2v) is 6.79. The third-order valence-electron chi connectivity index (χ3n) is 3.55. The van der Waals surface area contributed by atoms with Gasteiger partial charge in [0.25, 0.3) is 11.6 Å². The number of nitro groups is 1. The maximum absolute atomic E-state index is 11.8. The number of rotatable bonds is 7. The van der Waals surface area contributed by atoms with Gasteiger partial charge in [0.05, 0.1) is 11.1 Å². The summed E-state index contributed by atoms with van der Waals surface area (Å²) in [5.41, 5.74) is 3.05. The van der Waals surface area contributed by atoms with Crippen molar-refractivity contribution in [2.24, 2.45) is 5.10 Å². The monoisotopic (exact) mass is 491 g/mol. The molecule has 9 heteroatoms. The van der Waals surface area contributed by atoms with Gasteiger partial charge in [-0.15, -0.1) is 0 Å². The molecule has 1 amide bonds. The molecule has 0 aliphatic carbocycles. The molecule has 2 aromatic carbocycles. The standard InChI is InChI=1S/C19H14IN3O5/c20-14-3-7-16(8-4-14)27-12-19(24)22-21-11-17-9-10-18(28-17)13-1-5-15(6-2-13)23(25)26/h1-11H,12H2,(H,22,24). The fourth-order valence-electron chi connectivity index (χ4n) is 2.20. The first kappa shape index (κ1) is 19.5. The molecule has 0 fully saturated rings. The first-order chi connectivity index (χ1) is 13.5. The largest absolute Gasteiger partial charge is 0.484 e. The number of nitrogens with one attached hydrogen (secondary N) is 1. The minimum atomic E-state index is -0.463. The molecule has 142 valence electrons. The van der Waals surface area contributed by atoms with Crippen molar-refractivity contribution < 1.29 is 18.9 Å². The molecule has 0 atom stereocenters. The number of hydrazone groups is 1. The Morgan fingerprint density at radius 2 is 1.86 bits per heavy atom. The SMILES string of the molecule is O=C(COc1ccc(I)cc1)NN=Cc1ccc(-c2ccc([N+](=O)[O-])cc2)o1. The van der Waals surface area contributed by atoms with E-state index < -0.39 is 10.8 Å². The average Bonchev–Trinajstić information content (AvgIpc) is 3.16. The molecule has 1 aromatic heterocycles. The second-order valence-electron chi connectivity index (χ2n) is 5.54. The van der Waals surface area contributed by atoms with Crippen molar-refractivity contribution in [3.63, 3.8) is 0 Å². The number of hydrogen-bond acceptors (Lipinski definition) is 6. The molecule has 28 heavy (non-hydrogen) atoms. The lowest BCUT2D eigenvalue weighted by molar-refractivity contribution is -0.384. The van der Waals surface area contributed by atoms with Crippen LogP contribution in [0.3, 0.4) is 0 Å². The van der Waals surface area contributed by atoms with Gasteiger partial charge in [-0.3, -0.25) is 14.9 Å². The maximum Gasteiger partial charge on any atom is 0.277 e. The first-order valence-corrected chi connectivity index (χ1v) is 9.14. The van der Waals surface area contributed by atoms with Crippen LogP contribution in [0.5, 0.6) is 5.75 Å². The molecule has 0 saturated carbocycles. The lowest BCUT2D eigenvalue weighted by atomic mass is 10.1. The number of amides is 1. The van der Waals surface area contributed by atoms with Crippen LogP contribution in [0.4, 0.5) is 5.69 Å². The second kappa shape index (κ2) is 9.13. The molecule has 0 spiro atoms. The highest BCUT2D eigenvalue weighted by atomic mass is 127. The van der Waals surface area contributed by atoms with E-state index in [1.807, 2.05) is 12.1 Å². The summed E-state index contributed by atoms with van der Waals surface area (Å²) < 4.78 is 12.0. The van der Waals surface area contributed by atoms with Gasteiger partial charge in [0.15, 0.2) is 6.61 Å². The summed E-state index contributed by atoms with van der Waals surface area (Å²) in [4.78, 5) is 22.0. The summed E-state index contributed by atoms with van der Waals surface area (Å²) in [5, 5.41) is 14.5. The quantitative estimate of drug-likeness (QED) is 0.233. The van der Waals surface area contributed by atoms with Crippen molar-refractivity contribution in [1.82, 2.24) is 5.43 Å². The van der Waals surface area contributed by atoms with Crippen LogP contribution in [0.1, 0.15) is 5.76 Å². The van der Waals surface area contributed by atoms with E-state index in [0.717, 1.165) is 3.57 Å². The summed E-state index contributed by atoms with van der Waals surface area (Å²) in [6.45, 7) is -0.163. The molecule has 8 nitrogen and oxygen atoms in total. The molecular formula is C19H14IN3O5. The molecular weight excluding hydrogens is 477 g/mol. The van der Waals surface area contributed by atoms with Gasteiger partial charge in [0.1, 0.15) is 17.3 Å². The van der Waals surface area contributed by atoms with Gasteiger partial charge in [0.2, 0.25) is 0 Å². The molecule has 1 N–H and O–H groups in total. The number of nitro benzene ring substituents is 1. The Kier molecular flexibility index (Phi) is 6.37. The highest BCUT2D eigenvalue weighted by Gasteiger charge is 2.08. The number of carbonyl (C=O) groups is 1. The lowest BCUT2D eigenvalue weighted by Crippen LogP contribution is -2.24. The molecule has 0 aliphatic rings. The zero-order valence-electron chi connectivity index (χ0n) is 14.4. The van der Waals surface area contributed by atoms with Crippen molar-refractivity contribution in [2.45, 2.75) is 0 Å². The van der Waals surface area contributed by atoms with Gasteiger partial charge in [-0.2, -0.15) is 5.10 Å². The van der Waals surface area contributed by atoms with Crippen LogP contribution in [-0.2, 0) is 4.79 Å². The number of nitrogens with zero attached hydrogens (tertiary/aromatic N) is 2. The summed E-state index contributed by atoms with van der Waals surface area (Å²) in [6.07, 6.45) is 1.36. The Hall–Kier alpha value is -3.21. The summed E-state index contributed by atoms with van der Waals surface area (Å²) >= 11 is 2.18. The molecule has 3 aromatic rings. The van der Waals surface area contributed by atoms with Crippen molar-refractivity contribution in [2.75, 3.05) is 6.61 Å². The third kappa shape index (κ3) is 5.39. The number of halogens is 1. The Balaban J connectivity index is 1.51. The minimum Gasteiger partial charge on any atom is -0.484 e. The Bertz CT molecular complexity index is 997. The Morgan fingerprint density at radius 1 is 1.14 bits per heavy atom. The fourth-order valence-corrected chi connectivity index (χ4v) is 2.56. The van der Waals surface area contributed by atoms with Crippen LogP contribution in [0, 0.1) is 13.7 Å². The van der Waals surface area contributed by atoms with Gasteiger partial charge in [-0.25, -0.2) is 5.43 Å². The molecule has 0 radical (unpaired) electrons. The molecule has 1 heterocycles. The molecule has 0 bridgehead atoms. The van der Waals surface area contributed by atoms with Crippen molar-refractivity contribution >= 4 is 40.4 Å². The average molecular weight is 491 g/mol. The number of benzene rings is 2. The number of hydrogen-bond donors (Lipinski definition) is 1. The predicted molar refractivity (Wildman–Crippen MR) is 111 cm³/mol. The normalized spacial score (nSPS) is 10.8. The molecule has 3 rings (SSSR count). The van der Waals surface area contributed by atoms with E-state index in [1.54, 1.807) is 36.4 Å². The van der Waals surface area contributed by atoms with Crippen molar-refractivity contribution in [1.29, 1.82) is 0 Å². The van der Waals surface area contributed by atoms with Crippen LogP contribution in [0.25, 0.3) is 11.3 Å². The van der Waals surface area contributed by atoms with Gasteiger partial charge >= 0.3 is 0 Å². The van der Waals surface area contributed by atoms with E-state index in [-0.39, 0.29) is 12.3 Å². The highest BCUT2D eigenvalue weighted by molar-refractivity contribution is 14.1. The predicted octanol–water partition coefficient (Wildman–Crippen LogP) is 3.99. The Morgan fingerprint density at radius 3 is 2.54 bits per heavy atom. The highest BCUT2D eigenvalue weighted by Crippen LogP contribution is 2.24. The van der Waals surface area contributed by atoms with Gasteiger partial charge in [-0.05, 0) is 71.1 Å². The van der Waals surface area contributed by atoms with Crippen LogP contribution in [-0.4, -0.2) is 23.7 Å². The Labute approximate surface area is 173 Å². The number of furan rings is 1. The summed E-state index contributed by atoms with van der Waals surface area (Å²) in [6, 6.07) is 16.7. The van der Waals surface area contributed by atoms with Crippen molar-refractivity contribution in [3.8, 4) is 17.1 Å². The van der Waals surface area contributed by atoms with Crippen molar-refractivity contribution in [3.05, 3.63) is 80.1 Å². The maximum atomic E-state index is 11.8. The number of carbonyl (C=O) groups excluding carboxylic acids is 1. The number of non-ortho nitro benzene ring substituents is 1. The minimum absolute atomic E-state index is 0.00672. The van der Waals surface area contributed by atoms with E-state index in [9.17, 15) is 14.9 Å². The topological polar surface area (TPSA) is 107 Å². The first-order valence-electron chi connectivity index (χ1n) is 8.06. The smallest absolute Gasteiger partial charge is 0.277 e. The van der Waals surface area contributed by atoms with E-state index in [2.05, 4.69) is 33.1 Å². The van der Waals surface area contributed by atoms with Gasteiger partial charge < -0.3 is 9.15 Å². The lowest BCUT2D eigenvalue weighted by Gasteiger charge is -2.04. The molecule has 0 saturated heterocycles. The summed E-state index contributed by atoms with van der Waals surface area (Å²) in [5.74, 6) is 1.15. The van der Waals surface area contributed by atoms with E-state index >= 15 is 0 Å².